The molecule has 0 saturated carbocycles. The van der Waals surface area contributed by atoms with Crippen molar-refractivity contribution in [1.29, 1.82) is 0 Å². The summed E-state index contributed by atoms with van der Waals surface area (Å²) in [5.74, 6) is 0.523. The third-order valence-electron chi connectivity index (χ3n) is 3.61. The standard InChI is InChI=1S/C14H15NO3/c16-13-6-5-10(14(17)15-13)8-11-7-9-3-1-2-4-12(9)18-11/h1-4,10-11H,5-8H2,(H,15,16,17). The summed E-state index contributed by atoms with van der Waals surface area (Å²) >= 11 is 0. The highest BCUT2D eigenvalue weighted by Gasteiger charge is 2.32. The maximum Gasteiger partial charge on any atom is 0.229 e. The molecule has 0 spiro atoms. The SMILES string of the molecule is O=C1CCC(CC2Cc3ccccc3O2)C(=O)N1. The van der Waals surface area contributed by atoms with Gasteiger partial charge in [0.1, 0.15) is 11.9 Å². The summed E-state index contributed by atoms with van der Waals surface area (Å²) in [5, 5.41) is 2.39. The van der Waals surface area contributed by atoms with Gasteiger partial charge in [-0.1, -0.05) is 18.2 Å². The van der Waals surface area contributed by atoms with Gasteiger partial charge in [-0.3, -0.25) is 14.9 Å². The molecular weight excluding hydrogens is 230 g/mol. The van der Waals surface area contributed by atoms with E-state index in [4.69, 9.17) is 4.74 Å². The first-order chi connectivity index (χ1) is 8.72. The number of piperidine rings is 1. The Morgan fingerprint density at radius 1 is 1.28 bits per heavy atom. The van der Waals surface area contributed by atoms with Crippen molar-refractivity contribution in [2.24, 2.45) is 5.92 Å². The molecule has 2 aliphatic heterocycles. The van der Waals surface area contributed by atoms with Crippen molar-refractivity contribution in [1.82, 2.24) is 5.32 Å². The lowest BCUT2D eigenvalue weighted by Crippen LogP contribution is -2.42. The summed E-state index contributed by atoms with van der Waals surface area (Å²) in [7, 11) is 0. The van der Waals surface area contributed by atoms with Gasteiger partial charge >= 0.3 is 0 Å². The van der Waals surface area contributed by atoms with E-state index in [0.29, 0.717) is 19.3 Å². The number of nitrogens with one attached hydrogen (secondary N) is 1. The maximum atomic E-state index is 11.7. The van der Waals surface area contributed by atoms with Gasteiger partial charge in [0, 0.05) is 18.8 Å². The van der Waals surface area contributed by atoms with Gasteiger partial charge in [-0.05, 0) is 24.5 Å². The molecule has 3 rings (SSSR count). The summed E-state index contributed by atoms with van der Waals surface area (Å²) < 4.78 is 5.82. The summed E-state index contributed by atoms with van der Waals surface area (Å²) in [6.45, 7) is 0. The molecule has 94 valence electrons. The highest BCUT2D eigenvalue weighted by atomic mass is 16.5. The van der Waals surface area contributed by atoms with E-state index in [-0.39, 0.29) is 23.8 Å². The summed E-state index contributed by atoms with van der Waals surface area (Å²) in [5.41, 5.74) is 1.20. The zero-order valence-electron chi connectivity index (χ0n) is 10.0. The van der Waals surface area contributed by atoms with Crippen LogP contribution in [0.2, 0.25) is 0 Å². The number of amides is 2. The lowest BCUT2D eigenvalue weighted by atomic mass is 9.91. The van der Waals surface area contributed by atoms with Crippen LogP contribution in [0, 0.1) is 5.92 Å². The molecule has 2 atom stereocenters. The molecule has 1 aromatic carbocycles. The summed E-state index contributed by atoms with van der Waals surface area (Å²) in [6.07, 6.45) is 2.69. The molecule has 1 aromatic rings. The minimum atomic E-state index is -0.160. The van der Waals surface area contributed by atoms with Crippen LogP contribution in [-0.2, 0) is 16.0 Å². The van der Waals surface area contributed by atoms with E-state index in [1.807, 2.05) is 18.2 Å². The predicted molar refractivity (Wildman–Crippen MR) is 65.1 cm³/mol. The van der Waals surface area contributed by atoms with Crippen LogP contribution in [0.5, 0.6) is 5.75 Å². The molecule has 2 aliphatic rings. The van der Waals surface area contributed by atoms with Crippen LogP contribution in [0.15, 0.2) is 24.3 Å². The second kappa shape index (κ2) is 4.44. The number of hydrogen-bond donors (Lipinski definition) is 1. The van der Waals surface area contributed by atoms with E-state index < -0.39 is 0 Å². The van der Waals surface area contributed by atoms with Crippen LogP contribution in [0.3, 0.4) is 0 Å². The zero-order valence-corrected chi connectivity index (χ0v) is 10.0. The number of imide groups is 1. The normalized spacial score (nSPS) is 26.4. The number of fused-ring (bicyclic) bond motifs is 1. The molecule has 18 heavy (non-hydrogen) atoms. The minimum Gasteiger partial charge on any atom is -0.490 e. The summed E-state index contributed by atoms with van der Waals surface area (Å²) in [4.78, 5) is 22.7. The second-order valence-electron chi connectivity index (χ2n) is 4.94. The van der Waals surface area contributed by atoms with Crippen molar-refractivity contribution in [3.05, 3.63) is 29.8 Å². The Morgan fingerprint density at radius 2 is 2.11 bits per heavy atom. The highest BCUT2D eigenvalue weighted by molar-refractivity contribution is 5.98. The fraction of sp³-hybridized carbons (Fsp3) is 0.429. The van der Waals surface area contributed by atoms with Gasteiger partial charge in [0.05, 0.1) is 0 Å². The van der Waals surface area contributed by atoms with E-state index in [1.165, 1.54) is 5.56 Å². The van der Waals surface area contributed by atoms with Crippen molar-refractivity contribution < 1.29 is 14.3 Å². The molecule has 1 N–H and O–H groups in total. The molecule has 4 heteroatoms. The first-order valence-corrected chi connectivity index (χ1v) is 6.30. The van der Waals surface area contributed by atoms with Crippen LogP contribution < -0.4 is 10.1 Å². The van der Waals surface area contributed by atoms with Crippen LogP contribution in [0.4, 0.5) is 0 Å². The minimum absolute atomic E-state index is 0.0614. The van der Waals surface area contributed by atoms with Gasteiger partial charge in [0.15, 0.2) is 0 Å². The number of ether oxygens (including phenoxy) is 1. The van der Waals surface area contributed by atoms with E-state index in [9.17, 15) is 9.59 Å². The Labute approximate surface area is 105 Å². The molecule has 1 fully saturated rings. The fourth-order valence-electron chi connectivity index (χ4n) is 2.67. The Morgan fingerprint density at radius 3 is 2.89 bits per heavy atom. The van der Waals surface area contributed by atoms with E-state index in [1.54, 1.807) is 0 Å². The van der Waals surface area contributed by atoms with Crippen molar-refractivity contribution in [3.63, 3.8) is 0 Å². The Balaban J connectivity index is 1.63. The maximum absolute atomic E-state index is 11.7. The summed E-state index contributed by atoms with van der Waals surface area (Å²) in [6, 6.07) is 7.96. The van der Waals surface area contributed by atoms with Crippen molar-refractivity contribution in [2.45, 2.75) is 31.8 Å². The van der Waals surface area contributed by atoms with Crippen LogP contribution in [0.25, 0.3) is 0 Å². The third-order valence-corrected chi connectivity index (χ3v) is 3.61. The lowest BCUT2D eigenvalue weighted by molar-refractivity contribution is -0.137. The smallest absolute Gasteiger partial charge is 0.229 e. The van der Waals surface area contributed by atoms with E-state index in [0.717, 1.165) is 12.2 Å². The van der Waals surface area contributed by atoms with Gasteiger partial charge in [-0.15, -0.1) is 0 Å². The van der Waals surface area contributed by atoms with Crippen molar-refractivity contribution in [2.75, 3.05) is 0 Å². The molecule has 0 radical (unpaired) electrons. The molecule has 1 saturated heterocycles. The Kier molecular flexibility index (Phi) is 2.78. The van der Waals surface area contributed by atoms with Gasteiger partial charge in [-0.25, -0.2) is 0 Å². The lowest BCUT2D eigenvalue weighted by Gasteiger charge is -2.23. The van der Waals surface area contributed by atoms with Crippen LogP contribution in [0.1, 0.15) is 24.8 Å². The van der Waals surface area contributed by atoms with E-state index in [2.05, 4.69) is 11.4 Å². The van der Waals surface area contributed by atoms with Gasteiger partial charge in [-0.2, -0.15) is 0 Å². The van der Waals surface area contributed by atoms with Crippen molar-refractivity contribution >= 4 is 11.8 Å². The number of carbonyl (C=O) groups excluding carboxylic acids is 2. The number of hydrogen-bond acceptors (Lipinski definition) is 3. The molecular formula is C14H15NO3. The second-order valence-corrected chi connectivity index (χ2v) is 4.94. The molecule has 0 aromatic heterocycles. The molecule has 4 nitrogen and oxygen atoms in total. The monoisotopic (exact) mass is 245 g/mol. The van der Waals surface area contributed by atoms with Crippen LogP contribution in [-0.4, -0.2) is 17.9 Å². The average molecular weight is 245 g/mol. The molecule has 2 heterocycles. The third kappa shape index (κ3) is 2.10. The number of rotatable bonds is 2. The molecule has 0 bridgehead atoms. The Hall–Kier alpha value is -1.84. The number of benzene rings is 1. The molecule has 0 aliphatic carbocycles. The number of carbonyl (C=O) groups is 2. The largest absolute Gasteiger partial charge is 0.490 e. The predicted octanol–water partition coefficient (Wildman–Crippen LogP) is 1.43. The molecule has 2 amide bonds. The van der Waals surface area contributed by atoms with Crippen LogP contribution >= 0.6 is 0 Å². The quantitative estimate of drug-likeness (QED) is 0.802. The van der Waals surface area contributed by atoms with Gasteiger partial charge in [0.2, 0.25) is 11.8 Å². The fourth-order valence-corrected chi connectivity index (χ4v) is 2.67. The van der Waals surface area contributed by atoms with Crippen molar-refractivity contribution in [3.8, 4) is 5.75 Å². The van der Waals surface area contributed by atoms with Gasteiger partial charge in [0.25, 0.3) is 0 Å². The highest BCUT2D eigenvalue weighted by Crippen LogP contribution is 2.32. The first-order valence-electron chi connectivity index (χ1n) is 6.30. The first kappa shape index (κ1) is 11.3. The topological polar surface area (TPSA) is 55.4 Å². The Bertz CT molecular complexity index is 473. The van der Waals surface area contributed by atoms with E-state index >= 15 is 0 Å². The average Bonchev–Trinajstić information content (AvgIpc) is 2.75. The zero-order chi connectivity index (χ0) is 12.5. The molecule has 2 unspecified atom stereocenters. The number of para-hydroxylation sites is 1. The van der Waals surface area contributed by atoms with Gasteiger partial charge < -0.3 is 4.74 Å².